The van der Waals surface area contributed by atoms with E-state index in [0.717, 1.165) is 29.5 Å². The van der Waals surface area contributed by atoms with E-state index >= 15 is 0 Å². The van der Waals surface area contributed by atoms with E-state index in [9.17, 15) is 9.59 Å². The van der Waals surface area contributed by atoms with Gasteiger partial charge in [-0.15, -0.1) is 0 Å². The molecule has 1 unspecified atom stereocenters. The van der Waals surface area contributed by atoms with Gasteiger partial charge in [-0.2, -0.15) is 0 Å². The molecule has 6 heteroatoms. The topological polar surface area (TPSA) is 62.3 Å². The van der Waals surface area contributed by atoms with Gasteiger partial charge in [-0.25, -0.2) is 0 Å². The maximum absolute atomic E-state index is 13.2. The first-order chi connectivity index (χ1) is 15.1. The highest BCUT2D eigenvalue weighted by Crippen LogP contribution is 2.24. The minimum Gasteiger partial charge on any atom is -0.354 e. The molecule has 0 aliphatic carbocycles. The van der Waals surface area contributed by atoms with E-state index in [4.69, 9.17) is 11.6 Å². The summed E-state index contributed by atoms with van der Waals surface area (Å²) in [7, 11) is 0. The fraction of sp³-hybridized carbons (Fsp3) is 0.240. The second kappa shape index (κ2) is 9.75. The molecule has 1 aliphatic heterocycles. The number of rotatable bonds is 6. The summed E-state index contributed by atoms with van der Waals surface area (Å²) in [6.07, 6.45) is 5.72. The van der Waals surface area contributed by atoms with Crippen LogP contribution in [0.4, 0.5) is 0 Å². The summed E-state index contributed by atoms with van der Waals surface area (Å²) in [6, 6.07) is 18.5. The fourth-order valence-electron chi connectivity index (χ4n) is 3.91. The highest BCUT2D eigenvalue weighted by molar-refractivity contribution is 6.30. The molecule has 0 bridgehead atoms. The number of hydrogen-bond acceptors (Lipinski definition) is 3. The number of hydrogen-bond donors (Lipinski definition) is 1. The van der Waals surface area contributed by atoms with Gasteiger partial charge in [-0.3, -0.25) is 14.6 Å². The van der Waals surface area contributed by atoms with Gasteiger partial charge in [-0.1, -0.05) is 41.9 Å². The summed E-state index contributed by atoms with van der Waals surface area (Å²) in [6.45, 7) is 1.11. The summed E-state index contributed by atoms with van der Waals surface area (Å²) in [5.41, 5.74) is 3.58. The van der Waals surface area contributed by atoms with E-state index in [1.54, 1.807) is 23.4 Å². The molecule has 0 spiro atoms. The van der Waals surface area contributed by atoms with Gasteiger partial charge in [0.1, 0.15) is 6.04 Å². The van der Waals surface area contributed by atoms with Crippen molar-refractivity contribution in [3.05, 3.63) is 89.2 Å². The van der Waals surface area contributed by atoms with E-state index in [2.05, 4.69) is 10.3 Å². The van der Waals surface area contributed by atoms with Crippen LogP contribution in [0, 0.1) is 0 Å². The van der Waals surface area contributed by atoms with Crippen LogP contribution < -0.4 is 5.32 Å². The molecule has 1 aliphatic rings. The Labute approximate surface area is 187 Å². The second-order valence-corrected chi connectivity index (χ2v) is 8.08. The molecule has 31 heavy (non-hydrogen) atoms. The minimum absolute atomic E-state index is 0.0942. The summed E-state index contributed by atoms with van der Waals surface area (Å²) in [4.78, 5) is 31.8. The Morgan fingerprint density at radius 2 is 1.87 bits per heavy atom. The van der Waals surface area contributed by atoms with Gasteiger partial charge in [-0.05, 0) is 60.7 Å². The van der Waals surface area contributed by atoms with Gasteiger partial charge in [0.05, 0.1) is 0 Å². The second-order valence-electron chi connectivity index (χ2n) is 7.65. The molecule has 2 aromatic carbocycles. The highest BCUT2D eigenvalue weighted by Gasteiger charge is 2.34. The standard InChI is InChI=1S/C25H24ClN3O2/c26-22-10-8-18(9-11-22)12-14-28-24(30)23-7-3-15-29(23)25(31)20-5-1-4-19(16-20)21-6-2-13-27-17-21/h1-2,4-6,8-11,13,16-17,23H,3,7,12,14-15H2,(H,28,30). The lowest BCUT2D eigenvalue weighted by Crippen LogP contribution is -2.46. The molecule has 1 aromatic heterocycles. The molecule has 1 fully saturated rings. The minimum atomic E-state index is -0.431. The maximum atomic E-state index is 13.2. The molecule has 0 saturated carbocycles. The predicted octanol–water partition coefficient (Wildman–Crippen LogP) is 4.37. The van der Waals surface area contributed by atoms with Crippen molar-refractivity contribution < 1.29 is 9.59 Å². The van der Waals surface area contributed by atoms with Gasteiger partial charge in [0.15, 0.2) is 0 Å². The van der Waals surface area contributed by atoms with Gasteiger partial charge < -0.3 is 10.2 Å². The number of nitrogens with zero attached hydrogens (tertiary/aromatic N) is 2. The smallest absolute Gasteiger partial charge is 0.254 e. The normalized spacial score (nSPS) is 15.6. The summed E-state index contributed by atoms with van der Waals surface area (Å²) in [5.74, 6) is -0.204. The van der Waals surface area contributed by atoms with Crippen molar-refractivity contribution in [2.45, 2.75) is 25.3 Å². The van der Waals surface area contributed by atoms with Gasteiger partial charge in [0.25, 0.3) is 5.91 Å². The van der Waals surface area contributed by atoms with Gasteiger partial charge in [0, 0.05) is 41.6 Å². The van der Waals surface area contributed by atoms with Crippen molar-refractivity contribution in [3.63, 3.8) is 0 Å². The number of pyridine rings is 1. The molecule has 3 aromatic rings. The van der Waals surface area contributed by atoms with Crippen molar-refractivity contribution in [3.8, 4) is 11.1 Å². The first-order valence-electron chi connectivity index (χ1n) is 10.5. The third kappa shape index (κ3) is 5.12. The Morgan fingerprint density at radius 1 is 1.06 bits per heavy atom. The van der Waals surface area contributed by atoms with Crippen LogP contribution in [0.25, 0.3) is 11.1 Å². The maximum Gasteiger partial charge on any atom is 0.254 e. The van der Waals surface area contributed by atoms with Gasteiger partial charge in [0.2, 0.25) is 5.91 Å². The van der Waals surface area contributed by atoms with Gasteiger partial charge >= 0.3 is 0 Å². The Balaban J connectivity index is 1.40. The zero-order chi connectivity index (χ0) is 21.6. The Bertz CT molecular complexity index is 1050. The summed E-state index contributed by atoms with van der Waals surface area (Å²) < 4.78 is 0. The fourth-order valence-corrected chi connectivity index (χ4v) is 4.04. The van der Waals surface area contributed by atoms with E-state index in [1.165, 1.54) is 0 Å². The molecule has 2 amide bonds. The number of aromatic nitrogens is 1. The number of halogens is 1. The van der Waals surface area contributed by atoms with Crippen LogP contribution in [0.5, 0.6) is 0 Å². The molecular weight excluding hydrogens is 410 g/mol. The van der Waals surface area contributed by atoms with E-state index < -0.39 is 6.04 Å². The number of benzene rings is 2. The van der Waals surface area contributed by atoms with Crippen LogP contribution in [0.3, 0.4) is 0 Å². The first-order valence-corrected chi connectivity index (χ1v) is 10.8. The molecular formula is C25H24ClN3O2. The first kappa shape index (κ1) is 21.1. The Hall–Kier alpha value is -3.18. The van der Waals surface area contributed by atoms with Crippen LogP contribution in [-0.2, 0) is 11.2 Å². The van der Waals surface area contributed by atoms with Crippen LogP contribution in [0.15, 0.2) is 73.1 Å². The molecule has 2 heterocycles. The largest absolute Gasteiger partial charge is 0.354 e. The van der Waals surface area contributed by atoms with Crippen LogP contribution in [0.2, 0.25) is 5.02 Å². The molecule has 158 valence electrons. The van der Waals surface area contributed by atoms with Crippen molar-refractivity contribution in [2.75, 3.05) is 13.1 Å². The van der Waals surface area contributed by atoms with E-state index in [-0.39, 0.29) is 11.8 Å². The lowest BCUT2D eigenvalue weighted by molar-refractivity contribution is -0.124. The highest BCUT2D eigenvalue weighted by atomic mass is 35.5. The van der Waals surface area contributed by atoms with E-state index in [0.29, 0.717) is 30.1 Å². The number of likely N-dealkylation sites (tertiary alicyclic amines) is 1. The average Bonchev–Trinajstić information content (AvgIpc) is 3.31. The SMILES string of the molecule is O=C(NCCc1ccc(Cl)cc1)C1CCCN1C(=O)c1cccc(-c2cccnc2)c1. The number of carbonyl (C=O) groups excluding carboxylic acids is 2. The zero-order valence-corrected chi connectivity index (χ0v) is 17.9. The van der Waals surface area contributed by atoms with Crippen LogP contribution >= 0.6 is 11.6 Å². The Kier molecular flexibility index (Phi) is 6.63. The van der Waals surface area contributed by atoms with Crippen LogP contribution in [0.1, 0.15) is 28.8 Å². The molecule has 1 N–H and O–H groups in total. The lowest BCUT2D eigenvalue weighted by atomic mass is 10.0. The lowest BCUT2D eigenvalue weighted by Gasteiger charge is -2.24. The average molecular weight is 434 g/mol. The number of amides is 2. The molecule has 1 atom stereocenters. The predicted molar refractivity (Wildman–Crippen MR) is 122 cm³/mol. The van der Waals surface area contributed by atoms with Crippen molar-refractivity contribution in [2.24, 2.45) is 0 Å². The van der Waals surface area contributed by atoms with Crippen molar-refractivity contribution in [1.29, 1.82) is 0 Å². The number of nitrogens with one attached hydrogen (secondary N) is 1. The molecule has 1 saturated heterocycles. The van der Waals surface area contributed by atoms with Crippen molar-refractivity contribution in [1.82, 2.24) is 15.2 Å². The monoisotopic (exact) mass is 433 g/mol. The summed E-state index contributed by atoms with van der Waals surface area (Å²) >= 11 is 5.91. The number of carbonyl (C=O) groups is 2. The third-order valence-corrected chi connectivity index (χ3v) is 5.80. The van der Waals surface area contributed by atoms with E-state index in [1.807, 2.05) is 54.6 Å². The molecule has 0 radical (unpaired) electrons. The molecule has 4 rings (SSSR count). The van der Waals surface area contributed by atoms with Crippen molar-refractivity contribution >= 4 is 23.4 Å². The molecule has 5 nitrogen and oxygen atoms in total. The Morgan fingerprint density at radius 3 is 2.65 bits per heavy atom. The quantitative estimate of drug-likeness (QED) is 0.628. The van der Waals surface area contributed by atoms with Crippen LogP contribution in [-0.4, -0.2) is 40.8 Å². The summed E-state index contributed by atoms with van der Waals surface area (Å²) in [5, 5.41) is 3.68. The third-order valence-electron chi connectivity index (χ3n) is 5.55. The zero-order valence-electron chi connectivity index (χ0n) is 17.1.